The highest BCUT2D eigenvalue weighted by Gasteiger charge is 2.14. The number of esters is 2. The summed E-state index contributed by atoms with van der Waals surface area (Å²) in [5.74, 6) is -1.17. The van der Waals surface area contributed by atoms with Crippen LogP contribution in [0, 0.1) is 0 Å². The molecule has 0 saturated carbocycles. The lowest BCUT2D eigenvalue weighted by atomic mass is 10.1. The van der Waals surface area contributed by atoms with Crippen LogP contribution < -0.4 is 5.32 Å². The van der Waals surface area contributed by atoms with E-state index in [2.05, 4.69) is 15.0 Å². The zero-order valence-corrected chi connectivity index (χ0v) is 15.9. The summed E-state index contributed by atoms with van der Waals surface area (Å²) >= 11 is 0. The van der Waals surface area contributed by atoms with E-state index in [0.29, 0.717) is 11.1 Å². The Kier molecular flexibility index (Phi) is 7.65. The van der Waals surface area contributed by atoms with Crippen molar-refractivity contribution < 1.29 is 28.6 Å². The number of hydrogen-bond acceptors (Lipinski definition) is 7. The third kappa shape index (κ3) is 6.17. The molecule has 1 N–H and O–H groups in total. The second kappa shape index (κ2) is 10.2. The minimum Gasteiger partial charge on any atom is -0.465 e. The molecule has 0 radical (unpaired) electrons. The number of pyridine rings is 1. The molecule has 0 aliphatic rings. The summed E-state index contributed by atoms with van der Waals surface area (Å²) in [5.41, 5.74) is 1.17. The first-order valence-electron chi connectivity index (χ1n) is 8.61. The van der Waals surface area contributed by atoms with Gasteiger partial charge in [0.1, 0.15) is 19.0 Å². The lowest BCUT2D eigenvalue weighted by Crippen LogP contribution is -2.18. The molecule has 0 fully saturated rings. The van der Waals surface area contributed by atoms with Crippen LogP contribution in [0.15, 0.2) is 42.6 Å². The monoisotopic (exact) mass is 386 g/mol. The van der Waals surface area contributed by atoms with Crippen LogP contribution in [-0.4, -0.2) is 42.7 Å². The fourth-order valence-corrected chi connectivity index (χ4v) is 2.19. The smallest absolute Gasteiger partial charge is 0.339 e. The zero-order valence-electron chi connectivity index (χ0n) is 15.9. The molecule has 8 nitrogen and oxygen atoms in total. The molecule has 0 aliphatic heterocycles. The van der Waals surface area contributed by atoms with Crippen LogP contribution >= 0.6 is 0 Å². The Hall–Kier alpha value is -3.26. The summed E-state index contributed by atoms with van der Waals surface area (Å²) in [4.78, 5) is 39.7. The molecule has 0 aliphatic carbocycles. The fourth-order valence-electron chi connectivity index (χ4n) is 2.19. The highest BCUT2D eigenvalue weighted by Crippen LogP contribution is 2.14. The van der Waals surface area contributed by atoms with E-state index in [-0.39, 0.29) is 30.7 Å². The van der Waals surface area contributed by atoms with Crippen LogP contribution in [0.1, 0.15) is 40.1 Å². The maximum Gasteiger partial charge on any atom is 0.339 e. The van der Waals surface area contributed by atoms with E-state index in [4.69, 9.17) is 9.47 Å². The maximum atomic E-state index is 12.6. The molecule has 0 bridgehead atoms. The van der Waals surface area contributed by atoms with Gasteiger partial charge in [0, 0.05) is 17.3 Å². The quantitative estimate of drug-likeness (QED) is 0.695. The number of hydrogen-bond donors (Lipinski definition) is 1. The number of nitrogens with one attached hydrogen (secondary N) is 1. The van der Waals surface area contributed by atoms with Crippen molar-refractivity contribution in [2.24, 2.45) is 0 Å². The number of carbonyl (C=O) groups excluding carboxylic acids is 3. The highest BCUT2D eigenvalue weighted by molar-refractivity contribution is 6.05. The Morgan fingerprint density at radius 3 is 2.50 bits per heavy atom. The molecule has 0 spiro atoms. The van der Waals surface area contributed by atoms with Crippen molar-refractivity contribution in [2.45, 2.75) is 26.6 Å². The SMILES string of the molecule is COC(=O)c1ccc(NC(=O)c2ccccc2COC(=O)COC(C)C)nc1. The number of aromatic nitrogens is 1. The number of benzene rings is 1. The van der Waals surface area contributed by atoms with E-state index in [0.717, 1.165) is 0 Å². The average molecular weight is 386 g/mol. The Morgan fingerprint density at radius 1 is 1.11 bits per heavy atom. The predicted molar refractivity (Wildman–Crippen MR) is 101 cm³/mol. The van der Waals surface area contributed by atoms with Gasteiger partial charge in [0.05, 0.1) is 18.8 Å². The van der Waals surface area contributed by atoms with Gasteiger partial charge in [-0.15, -0.1) is 0 Å². The number of rotatable bonds is 8. The lowest BCUT2D eigenvalue weighted by molar-refractivity contribution is -0.151. The normalized spacial score (nSPS) is 10.4. The van der Waals surface area contributed by atoms with Crippen LogP contribution in [0.2, 0.25) is 0 Å². The second-order valence-electron chi connectivity index (χ2n) is 6.06. The number of methoxy groups -OCH3 is 1. The van der Waals surface area contributed by atoms with E-state index in [1.165, 1.54) is 25.4 Å². The van der Waals surface area contributed by atoms with Gasteiger partial charge in [0.2, 0.25) is 0 Å². The maximum absolute atomic E-state index is 12.6. The van der Waals surface area contributed by atoms with E-state index in [1.807, 2.05) is 13.8 Å². The summed E-state index contributed by atoms with van der Waals surface area (Å²) < 4.78 is 15.0. The van der Waals surface area contributed by atoms with Crippen LogP contribution in [0.25, 0.3) is 0 Å². The van der Waals surface area contributed by atoms with Crippen LogP contribution in [0.3, 0.4) is 0 Å². The standard InChI is InChI=1S/C20H22N2O6/c1-13(2)27-12-18(23)28-11-15-6-4-5-7-16(15)19(24)22-17-9-8-14(10-21-17)20(25)26-3/h4-10,13H,11-12H2,1-3H3,(H,21,22,24). The van der Waals surface area contributed by atoms with Gasteiger partial charge < -0.3 is 19.5 Å². The van der Waals surface area contributed by atoms with Crippen molar-refractivity contribution in [3.05, 3.63) is 59.3 Å². The van der Waals surface area contributed by atoms with Gasteiger partial charge in [-0.05, 0) is 32.0 Å². The molecule has 148 valence electrons. The van der Waals surface area contributed by atoms with Crippen molar-refractivity contribution in [3.63, 3.8) is 0 Å². The molecule has 0 saturated heterocycles. The molecule has 8 heteroatoms. The predicted octanol–water partition coefficient (Wildman–Crippen LogP) is 2.59. The average Bonchev–Trinajstić information content (AvgIpc) is 2.70. The molecule has 1 amide bonds. The summed E-state index contributed by atoms with van der Waals surface area (Å²) in [7, 11) is 1.27. The van der Waals surface area contributed by atoms with Crippen LogP contribution in [0.5, 0.6) is 0 Å². The molecule has 0 unspecified atom stereocenters. The minimum absolute atomic E-state index is 0.0570. The van der Waals surface area contributed by atoms with Crippen molar-refractivity contribution in [1.82, 2.24) is 4.98 Å². The van der Waals surface area contributed by atoms with E-state index in [1.54, 1.807) is 24.3 Å². The van der Waals surface area contributed by atoms with E-state index >= 15 is 0 Å². The van der Waals surface area contributed by atoms with E-state index < -0.39 is 17.8 Å². The summed E-state index contributed by atoms with van der Waals surface area (Å²) in [6.45, 7) is 3.43. The Labute approximate surface area is 162 Å². The molecule has 2 rings (SSSR count). The topological polar surface area (TPSA) is 104 Å². The number of ether oxygens (including phenoxy) is 3. The lowest BCUT2D eigenvalue weighted by Gasteiger charge is -2.11. The number of carbonyl (C=O) groups is 3. The van der Waals surface area contributed by atoms with Gasteiger partial charge >= 0.3 is 11.9 Å². The first-order chi connectivity index (χ1) is 13.4. The minimum atomic E-state index is -0.515. The molecule has 0 atom stereocenters. The molecular formula is C20H22N2O6. The zero-order chi connectivity index (χ0) is 20.5. The summed E-state index contributed by atoms with van der Waals surface area (Å²) in [6.07, 6.45) is 1.23. The van der Waals surface area contributed by atoms with Gasteiger partial charge in [-0.1, -0.05) is 18.2 Å². The van der Waals surface area contributed by atoms with Gasteiger partial charge in [0.15, 0.2) is 0 Å². The number of amides is 1. The third-order valence-corrected chi connectivity index (χ3v) is 3.61. The Morgan fingerprint density at radius 2 is 1.86 bits per heavy atom. The van der Waals surface area contributed by atoms with Crippen molar-refractivity contribution >= 4 is 23.7 Å². The third-order valence-electron chi connectivity index (χ3n) is 3.61. The Bertz CT molecular complexity index is 833. The molecule has 28 heavy (non-hydrogen) atoms. The van der Waals surface area contributed by atoms with Gasteiger partial charge in [-0.2, -0.15) is 0 Å². The second-order valence-corrected chi connectivity index (χ2v) is 6.06. The Balaban J connectivity index is 2.01. The van der Waals surface area contributed by atoms with Crippen molar-refractivity contribution in [1.29, 1.82) is 0 Å². The first-order valence-corrected chi connectivity index (χ1v) is 8.61. The summed E-state index contributed by atoms with van der Waals surface area (Å²) in [5, 5.41) is 2.64. The largest absolute Gasteiger partial charge is 0.465 e. The molecule has 1 heterocycles. The summed E-state index contributed by atoms with van der Waals surface area (Å²) in [6, 6.07) is 9.75. The van der Waals surface area contributed by atoms with Gasteiger partial charge in [-0.3, -0.25) is 4.79 Å². The number of nitrogens with zero attached hydrogens (tertiary/aromatic N) is 1. The number of anilines is 1. The molecule has 1 aromatic carbocycles. The van der Waals surface area contributed by atoms with Gasteiger partial charge in [0.25, 0.3) is 5.91 Å². The van der Waals surface area contributed by atoms with Crippen molar-refractivity contribution in [3.8, 4) is 0 Å². The molecule has 1 aromatic heterocycles. The fraction of sp³-hybridized carbons (Fsp3) is 0.300. The van der Waals surface area contributed by atoms with Gasteiger partial charge in [-0.25, -0.2) is 14.6 Å². The first kappa shape index (κ1) is 21.0. The highest BCUT2D eigenvalue weighted by atomic mass is 16.6. The molecule has 2 aromatic rings. The van der Waals surface area contributed by atoms with Crippen molar-refractivity contribution in [2.75, 3.05) is 19.0 Å². The molecular weight excluding hydrogens is 364 g/mol. The van der Waals surface area contributed by atoms with Crippen LogP contribution in [0.4, 0.5) is 5.82 Å². The van der Waals surface area contributed by atoms with E-state index in [9.17, 15) is 14.4 Å². The van der Waals surface area contributed by atoms with Crippen LogP contribution in [-0.2, 0) is 25.6 Å².